The first-order valence-electron chi connectivity index (χ1n) is 9.13. The summed E-state index contributed by atoms with van der Waals surface area (Å²) < 4.78 is 5.18. The third kappa shape index (κ3) is 3.17. The van der Waals surface area contributed by atoms with E-state index in [9.17, 15) is 14.4 Å². The molecule has 1 N–H and O–H groups in total. The van der Waals surface area contributed by atoms with E-state index >= 15 is 0 Å². The number of hydrogen-bond donors (Lipinski definition) is 1. The molecule has 0 aromatic heterocycles. The lowest BCUT2D eigenvalue weighted by atomic mass is 10.0. The summed E-state index contributed by atoms with van der Waals surface area (Å²) in [5, 5.41) is 11.8. The van der Waals surface area contributed by atoms with Gasteiger partial charge in [-0.15, -0.1) is 0 Å². The number of nitrogens with one attached hydrogen (secondary N) is 1. The molecule has 4 rings (SSSR count). The zero-order valence-corrected chi connectivity index (χ0v) is 15.7. The minimum absolute atomic E-state index is 0.308. The Balaban J connectivity index is 1.63. The Morgan fingerprint density at radius 3 is 2.66 bits per heavy atom. The van der Waals surface area contributed by atoms with Crippen molar-refractivity contribution in [1.82, 2.24) is 10.2 Å². The minimum Gasteiger partial charge on any atom is -0.497 e. The lowest BCUT2D eigenvalue weighted by Crippen LogP contribution is -2.65. The van der Waals surface area contributed by atoms with Gasteiger partial charge in [-0.3, -0.25) is 9.59 Å². The zero-order chi connectivity index (χ0) is 20.5. The van der Waals surface area contributed by atoms with E-state index in [1.807, 2.05) is 6.07 Å². The summed E-state index contributed by atoms with van der Waals surface area (Å²) in [6.45, 7) is 0.353. The fraction of sp³-hybridized carbons (Fsp3) is 0.238. The number of likely N-dealkylation sites (tertiary alicyclic amines) is 1. The third-order valence-electron chi connectivity index (χ3n) is 5.22. The summed E-state index contributed by atoms with van der Waals surface area (Å²) >= 11 is 0. The van der Waals surface area contributed by atoms with Crippen LogP contribution in [0.1, 0.15) is 22.3 Å². The molecule has 0 saturated carbocycles. The largest absolute Gasteiger partial charge is 0.497 e. The maximum Gasteiger partial charge on any atom is 0.329 e. The van der Waals surface area contributed by atoms with Crippen LogP contribution >= 0.6 is 0 Å². The van der Waals surface area contributed by atoms with E-state index in [0.717, 1.165) is 4.90 Å². The number of imide groups is 1. The summed E-state index contributed by atoms with van der Waals surface area (Å²) in [7, 11) is 1.50. The average molecular weight is 390 g/mol. The van der Waals surface area contributed by atoms with Crippen molar-refractivity contribution in [2.75, 3.05) is 18.6 Å². The van der Waals surface area contributed by atoms with Crippen molar-refractivity contribution < 1.29 is 19.1 Å². The van der Waals surface area contributed by atoms with E-state index in [1.165, 1.54) is 12.0 Å². The number of benzene rings is 2. The Labute approximate surface area is 167 Å². The van der Waals surface area contributed by atoms with E-state index < -0.39 is 24.0 Å². The lowest BCUT2D eigenvalue weighted by Gasteiger charge is -2.37. The van der Waals surface area contributed by atoms with Crippen molar-refractivity contribution in [2.45, 2.75) is 18.5 Å². The van der Waals surface area contributed by atoms with Crippen LogP contribution in [-0.2, 0) is 4.79 Å². The highest BCUT2D eigenvalue weighted by Gasteiger charge is 2.50. The van der Waals surface area contributed by atoms with E-state index in [2.05, 4.69) is 5.32 Å². The highest BCUT2D eigenvalue weighted by Crippen LogP contribution is 2.30. The summed E-state index contributed by atoms with van der Waals surface area (Å²) in [6, 6.07) is 13.2. The number of ether oxygens (including phenoxy) is 1. The molecule has 2 heterocycles. The Hall–Kier alpha value is -3.86. The average Bonchev–Trinajstić information content (AvgIpc) is 3.17. The SMILES string of the molecule is COc1cccc(N2C(=O)NC3CCN(C(=O)c4ccc(C#N)cc4)C3C2=O)c1. The monoisotopic (exact) mass is 390 g/mol. The van der Waals surface area contributed by atoms with Crippen molar-refractivity contribution >= 4 is 23.5 Å². The quantitative estimate of drug-likeness (QED) is 0.862. The standard InChI is InChI=1S/C21H18N4O4/c1-29-16-4-2-3-15(11-16)25-20(27)18-17(23-21(25)28)9-10-24(18)19(26)14-7-5-13(12-22)6-8-14/h2-8,11,17-18H,9-10H2,1H3,(H,23,28). The molecule has 2 aliphatic rings. The predicted molar refractivity (Wildman–Crippen MR) is 103 cm³/mol. The number of amides is 4. The van der Waals surface area contributed by atoms with Gasteiger partial charge in [0.2, 0.25) is 0 Å². The van der Waals surface area contributed by atoms with Gasteiger partial charge in [0.15, 0.2) is 0 Å². The second-order valence-electron chi connectivity index (χ2n) is 6.85. The smallest absolute Gasteiger partial charge is 0.329 e. The van der Waals surface area contributed by atoms with Crippen LogP contribution in [0.5, 0.6) is 5.75 Å². The number of rotatable bonds is 3. The molecule has 8 nitrogen and oxygen atoms in total. The van der Waals surface area contributed by atoms with Crippen LogP contribution in [0.2, 0.25) is 0 Å². The topological polar surface area (TPSA) is 103 Å². The minimum atomic E-state index is -0.790. The highest BCUT2D eigenvalue weighted by atomic mass is 16.5. The molecule has 2 aromatic carbocycles. The maximum absolute atomic E-state index is 13.3. The Bertz CT molecular complexity index is 1030. The van der Waals surface area contributed by atoms with Crippen LogP contribution in [0.15, 0.2) is 48.5 Å². The van der Waals surface area contributed by atoms with Crippen LogP contribution in [0.4, 0.5) is 10.5 Å². The van der Waals surface area contributed by atoms with Crippen LogP contribution in [0, 0.1) is 11.3 Å². The highest BCUT2D eigenvalue weighted by molar-refractivity contribution is 6.19. The molecule has 2 aromatic rings. The van der Waals surface area contributed by atoms with Gasteiger partial charge in [0, 0.05) is 18.2 Å². The number of carbonyl (C=O) groups is 3. The van der Waals surface area contributed by atoms with Crippen LogP contribution < -0.4 is 15.0 Å². The van der Waals surface area contributed by atoms with Crippen LogP contribution in [0.3, 0.4) is 0 Å². The first-order chi connectivity index (χ1) is 14.0. The maximum atomic E-state index is 13.3. The van der Waals surface area contributed by atoms with E-state index in [0.29, 0.717) is 35.5 Å². The molecule has 0 radical (unpaired) electrons. The molecule has 2 unspecified atom stereocenters. The van der Waals surface area contributed by atoms with Crippen molar-refractivity contribution in [3.05, 3.63) is 59.7 Å². The second kappa shape index (κ2) is 7.28. The number of nitrogens with zero attached hydrogens (tertiary/aromatic N) is 3. The first-order valence-corrected chi connectivity index (χ1v) is 9.13. The molecule has 0 bridgehead atoms. The molecule has 29 heavy (non-hydrogen) atoms. The van der Waals surface area contributed by atoms with Gasteiger partial charge in [0.25, 0.3) is 11.8 Å². The van der Waals surface area contributed by atoms with Gasteiger partial charge >= 0.3 is 6.03 Å². The van der Waals surface area contributed by atoms with Crippen molar-refractivity contribution in [3.8, 4) is 11.8 Å². The molecule has 8 heteroatoms. The Morgan fingerprint density at radius 2 is 1.97 bits per heavy atom. The molecule has 0 aliphatic carbocycles. The predicted octanol–water partition coefficient (Wildman–Crippen LogP) is 1.91. The summed E-state index contributed by atoms with van der Waals surface area (Å²) in [4.78, 5) is 41.4. The lowest BCUT2D eigenvalue weighted by molar-refractivity contribution is -0.122. The molecule has 2 saturated heterocycles. The van der Waals surface area contributed by atoms with Crippen molar-refractivity contribution in [1.29, 1.82) is 5.26 Å². The fourth-order valence-electron chi connectivity index (χ4n) is 3.78. The van der Waals surface area contributed by atoms with Gasteiger partial charge in [-0.2, -0.15) is 5.26 Å². The number of methoxy groups -OCH3 is 1. The molecular weight excluding hydrogens is 372 g/mol. The van der Waals surface area contributed by atoms with Gasteiger partial charge in [0.05, 0.1) is 30.5 Å². The number of fused-ring (bicyclic) bond motifs is 1. The van der Waals surface area contributed by atoms with Crippen LogP contribution in [0.25, 0.3) is 0 Å². The first kappa shape index (κ1) is 18.5. The number of urea groups is 1. The van der Waals surface area contributed by atoms with Gasteiger partial charge in [0.1, 0.15) is 11.8 Å². The molecule has 0 spiro atoms. The van der Waals surface area contributed by atoms with Crippen molar-refractivity contribution in [3.63, 3.8) is 0 Å². The number of carbonyl (C=O) groups excluding carboxylic acids is 3. The zero-order valence-electron chi connectivity index (χ0n) is 15.7. The molecule has 4 amide bonds. The van der Waals surface area contributed by atoms with Gasteiger partial charge in [-0.25, -0.2) is 9.69 Å². The summed E-state index contributed by atoms with van der Waals surface area (Å²) in [6.07, 6.45) is 0.496. The Morgan fingerprint density at radius 1 is 1.21 bits per heavy atom. The third-order valence-corrected chi connectivity index (χ3v) is 5.22. The van der Waals surface area contributed by atoms with Crippen molar-refractivity contribution in [2.24, 2.45) is 0 Å². The Kier molecular flexibility index (Phi) is 4.64. The molecule has 2 aliphatic heterocycles. The van der Waals surface area contributed by atoms with E-state index in [-0.39, 0.29) is 5.91 Å². The summed E-state index contributed by atoms with van der Waals surface area (Å²) in [5.41, 5.74) is 1.22. The second-order valence-corrected chi connectivity index (χ2v) is 6.85. The van der Waals surface area contributed by atoms with E-state index in [1.54, 1.807) is 48.5 Å². The molecular formula is C21H18N4O4. The number of hydrogen-bond acceptors (Lipinski definition) is 5. The fourth-order valence-corrected chi connectivity index (χ4v) is 3.78. The summed E-state index contributed by atoms with van der Waals surface area (Å²) in [5.74, 6) is -0.245. The molecule has 2 fully saturated rings. The van der Waals surface area contributed by atoms with Gasteiger partial charge in [-0.05, 0) is 42.8 Å². The molecule has 2 atom stereocenters. The van der Waals surface area contributed by atoms with Gasteiger partial charge in [-0.1, -0.05) is 6.07 Å². The van der Waals surface area contributed by atoms with E-state index in [4.69, 9.17) is 10.00 Å². The number of nitriles is 1. The van der Waals surface area contributed by atoms with Gasteiger partial charge < -0.3 is 15.0 Å². The normalized spacial score (nSPS) is 20.7. The number of anilines is 1. The van der Waals surface area contributed by atoms with Crippen LogP contribution in [-0.4, -0.2) is 48.5 Å². The molecule has 146 valence electrons.